The van der Waals surface area contributed by atoms with Gasteiger partial charge in [0, 0.05) is 4.88 Å². The second-order valence-corrected chi connectivity index (χ2v) is 4.36. The second-order valence-electron chi connectivity index (χ2n) is 3.19. The molecule has 0 atom stereocenters. The van der Waals surface area contributed by atoms with E-state index in [1.165, 1.54) is 9.75 Å². The highest BCUT2D eigenvalue weighted by atomic mass is 32.1. The molecule has 3 nitrogen and oxygen atoms in total. The van der Waals surface area contributed by atoms with Gasteiger partial charge < -0.3 is 10.7 Å². The van der Waals surface area contributed by atoms with E-state index in [1.54, 1.807) is 11.3 Å². The van der Waals surface area contributed by atoms with Crippen molar-refractivity contribution in [1.82, 2.24) is 9.97 Å². The number of thiophene rings is 1. The van der Waals surface area contributed by atoms with Gasteiger partial charge in [-0.15, -0.1) is 11.3 Å². The first-order chi connectivity index (χ1) is 6.79. The predicted molar refractivity (Wildman–Crippen MR) is 59.4 cm³/mol. The van der Waals surface area contributed by atoms with Gasteiger partial charge in [0.25, 0.3) is 0 Å². The number of nitrogens with two attached hydrogens (primary N) is 1. The van der Waals surface area contributed by atoms with Crippen molar-refractivity contribution in [3.8, 4) is 10.6 Å². The highest BCUT2D eigenvalue weighted by Crippen LogP contribution is 2.26. The summed E-state index contributed by atoms with van der Waals surface area (Å²) in [6.07, 6.45) is 2.82. The summed E-state index contributed by atoms with van der Waals surface area (Å²) >= 11 is 1.77. The van der Waals surface area contributed by atoms with E-state index < -0.39 is 0 Å². The molecule has 0 saturated heterocycles. The van der Waals surface area contributed by atoms with Gasteiger partial charge in [0.1, 0.15) is 5.82 Å². The molecule has 0 radical (unpaired) electrons. The monoisotopic (exact) mass is 207 g/mol. The van der Waals surface area contributed by atoms with Crippen LogP contribution in [0.15, 0.2) is 18.3 Å². The Balaban J connectivity index is 2.24. The molecule has 0 spiro atoms. The van der Waals surface area contributed by atoms with Gasteiger partial charge in [-0.25, -0.2) is 4.98 Å². The van der Waals surface area contributed by atoms with Crippen LogP contribution >= 0.6 is 11.3 Å². The predicted octanol–water partition coefficient (Wildman–Crippen LogP) is 1.95. The van der Waals surface area contributed by atoms with E-state index in [0.717, 1.165) is 17.9 Å². The lowest BCUT2D eigenvalue weighted by atomic mass is 10.3. The van der Waals surface area contributed by atoms with Crippen molar-refractivity contribution < 1.29 is 0 Å². The van der Waals surface area contributed by atoms with Gasteiger partial charge in [-0.3, -0.25) is 0 Å². The summed E-state index contributed by atoms with van der Waals surface area (Å²) in [5.74, 6) is 0.953. The first-order valence-corrected chi connectivity index (χ1v) is 5.42. The maximum atomic E-state index is 5.50. The van der Waals surface area contributed by atoms with Crippen LogP contribution in [0.1, 0.15) is 10.7 Å². The van der Waals surface area contributed by atoms with Crippen molar-refractivity contribution in [2.45, 2.75) is 13.3 Å². The fourth-order valence-corrected chi connectivity index (χ4v) is 2.33. The van der Waals surface area contributed by atoms with Gasteiger partial charge in [0.2, 0.25) is 0 Å². The van der Waals surface area contributed by atoms with E-state index in [4.69, 9.17) is 5.73 Å². The number of nitrogens with zero attached hydrogens (tertiary/aromatic N) is 1. The zero-order valence-corrected chi connectivity index (χ0v) is 8.90. The third-order valence-electron chi connectivity index (χ3n) is 2.02. The summed E-state index contributed by atoms with van der Waals surface area (Å²) in [5.41, 5.74) is 6.59. The van der Waals surface area contributed by atoms with Gasteiger partial charge in [-0.1, -0.05) is 0 Å². The lowest BCUT2D eigenvalue weighted by Crippen LogP contribution is -2.00. The third kappa shape index (κ3) is 1.86. The average Bonchev–Trinajstić information content (AvgIpc) is 2.74. The van der Waals surface area contributed by atoms with E-state index in [1.807, 2.05) is 13.1 Å². The fraction of sp³-hybridized carbons (Fsp3) is 0.300. The Morgan fingerprint density at radius 1 is 1.50 bits per heavy atom. The molecule has 2 rings (SSSR count). The van der Waals surface area contributed by atoms with Gasteiger partial charge >= 0.3 is 0 Å². The van der Waals surface area contributed by atoms with Crippen molar-refractivity contribution in [2.24, 2.45) is 5.73 Å². The van der Waals surface area contributed by atoms with E-state index >= 15 is 0 Å². The number of imidazole rings is 1. The number of rotatable bonds is 3. The van der Waals surface area contributed by atoms with E-state index in [0.29, 0.717) is 6.54 Å². The Bertz CT molecular complexity index is 416. The number of hydrogen-bond acceptors (Lipinski definition) is 3. The first-order valence-electron chi connectivity index (χ1n) is 4.60. The molecule has 2 heterocycles. The van der Waals surface area contributed by atoms with Crippen LogP contribution < -0.4 is 5.73 Å². The van der Waals surface area contributed by atoms with Crippen LogP contribution in [0.5, 0.6) is 0 Å². The minimum absolute atomic E-state index is 0.710. The molecular formula is C10H13N3S. The molecule has 4 heteroatoms. The molecule has 0 fully saturated rings. The number of nitrogens with one attached hydrogen (secondary N) is 1. The summed E-state index contributed by atoms with van der Waals surface area (Å²) in [6, 6.07) is 4.24. The number of aryl methyl sites for hydroxylation is 1. The minimum Gasteiger partial charge on any atom is -0.342 e. The zero-order chi connectivity index (χ0) is 9.97. The molecule has 74 valence electrons. The quantitative estimate of drug-likeness (QED) is 0.808. The van der Waals surface area contributed by atoms with Crippen LogP contribution in [0, 0.1) is 6.92 Å². The van der Waals surface area contributed by atoms with Crippen molar-refractivity contribution in [3.05, 3.63) is 29.0 Å². The van der Waals surface area contributed by atoms with Crippen LogP contribution in [-0.4, -0.2) is 16.5 Å². The molecule has 0 bridgehead atoms. The number of H-pyrrole nitrogens is 1. The minimum atomic E-state index is 0.710. The summed E-state index contributed by atoms with van der Waals surface area (Å²) in [4.78, 5) is 9.95. The van der Waals surface area contributed by atoms with Crippen LogP contribution in [0.3, 0.4) is 0 Å². The lowest BCUT2D eigenvalue weighted by Gasteiger charge is -1.90. The van der Waals surface area contributed by atoms with Gasteiger partial charge in [0.05, 0.1) is 16.8 Å². The Kier molecular flexibility index (Phi) is 2.65. The standard InChI is InChI=1S/C10H13N3S/c1-7-12-6-9(13-7)10-3-2-8(14-10)4-5-11/h2-3,6H,4-5,11H2,1H3,(H,12,13). The Hall–Kier alpha value is -1.13. The molecule has 0 aliphatic carbocycles. The first kappa shape index (κ1) is 9.43. The van der Waals surface area contributed by atoms with E-state index in [-0.39, 0.29) is 0 Å². The normalized spacial score (nSPS) is 10.7. The highest BCUT2D eigenvalue weighted by Gasteiger charge is 2.04. The van der Waals surface area contributed by atoms with Gasteiger partial charge in [0.15, 0.2) is 0 Å². The fourth-order valence-electron chi connectivity index (χ4n) is 1.35. The molecule has 0 saturated carbocycles. The van der Waals surface area contributed by atoms with Crippen LogP contribution in [0.25, 0.3) is 10.6 Å². The smallest absolute Gasteiger partial charge is 0.103 e. The van der Waals surface area contributed by atoms with Gasteiger partial charge in [-0.2, -0.15) is 0 Å². The topological polar surface area (TPSA) is 54.7 Å². The summed E-state index contributed by atoms with van der Waals surface area (Å²) in [5, 5.41) is 0. The SMILES string of the molecule is Cc1ncc(-c2ccc(CCN)s2)[nH]1. The Morgan fingerprint density at radius 3 is 3.00 bits per heavy atom. The molecule has 0 aliphatic rings. The Labute approximate surface area is 87.0 Å². The molecule has 14 heavy (non-hydrogen) atoms. The van der Waals surface area contributed by atoms with Crippen LogP contribution in [-0.2, 0) is 6.42 Å². The summed E-state index contributed by atoms with van der Waals surface area (Å²) < 4.78 is 0. The van der Waals surface area contributed by atoms with E-state index in [9.17, 15) is 0 Å². The number of aromatic amines is 1. The Morgan fingerprint density at radius 2 is 2.36 bits per heavy atom. The van der Waals surface area contributed by atoms with Crippen LogP contribution in [0.2, 0.25) is 0 Å². The van der Waals surface area contributed by atoms with E-state index in [2.05, 4.69) is 22.1 Å². The third-order valence-corrected chi connectivity index (χ3v) is 3.20. The van der Waals surface area contributed by atoms with Gasteiger partial charge in [-0.05, 0) is 32.0 Å². The molecule has 2 aromatic heterocycles. The molecule has 0 aromatic carbocycles. The zero-order valence-electron chi connectivity index (χ0n) is 8.08. The van der Waals surface area contributed by atoms with Crippen molar-refractivity contribution in [1.29, 1.82) is 0 Å². The molecule has 0 aliphatic heterocycles. The summed E-state index contributed by atoms with van der Waals surface area (Å²) in [7, 11) is 0. The molecule has 2 aromatic rings. The largest absolute Gasteiger partial charge is 0.342 e. The number of aromatic nitrogens is 2. The van der Waals surface area contributed by atoms with Crippen molar-refractivity contribution in [3.63, 3.8) is 0 Å². The molecule has 3 N–H and O–H groups in total. The maximum absolute atomic E-state index is 5.50. The number of hydrogen-bond donors (Lipinski definition) is 2. The highest BCUT2D eigenvalue weighted by molar-refractivity contribution is 7.15. The van der Waals surface area contributed by atoms with Crippen LogP contribution in [0.4, 0.5) is 0 Å². The molecular weight excluding hydrogens is 194 g/mol. The van der Waals surface area contributed by atoms with Crippen molar-refractivity contribution >= 4 is 11.3 Å². The molecule has 0 unspecified atom stereocenters. The average molecular weight is 207 g/mol. The maximum Gasteiger partial charge on any atom is 0.103 e. The lowest BCUT2D eigenvalue weighted by molar-refractivity contribution is 0.989. The molecule has 0 amide bonds. The van der Waals surface area contributed by atoms with Crippen molar-refractivity contribution in [2.75, 3.05) is 6.54 Å². The second kappa shape index (κ2) is 3.94. The summed E-state index contributed by atoms with van der Waals surface area (Å²) in [6.45, 7) is 2.67.